The molecule has 238 valence electrons. The third kappa shape index (κ3) is 34.4. The standard InChI is InChI=1S/C31H61O8P.Na/c1-3-5-7-9-11-13-15-17-19-21-23-25-30(32)37-27-29(28-38-40(34,35)36)39-31(33)26-24-22-20-18-16-14-12-10-8-6-4-2;/h29H,3-28H2,1-2H3,(H2,34,35,36);/q;+1/p-1/t29-;/m1./s1. The van der Waals surface area contributed by atoms with E-state index in [1.54, 1.807) is 0 Å². The molecule has 0 aliphatic rings. The maximum absolute atomic E-state index is 12.2. The van der Waals surface area contributed by atoms with Crippen LogP contribution in [0.5, 0.6) is 0 Å². The molecule has 0 aliphatic heterocycles. The molecule has 0 aromatic carbocycles. The van der Waals surface area contributed by atoms with Gasteiger partial charge in [0, 0.05) is 12.8 Å². The number of ether oxygens (including phenoxy) is 2. The van der Waals surface area contributed by atoms with Gasteiger partial charge in [-0.3, -0.25) is 14.2 Å². The van der Waals surface area contributed by atoms with Crippen LogP contribution in [0.15, 0.2) is 0 Å². The molecule has 0 spiro atoms. The number of phosphoric acid groups is 1. The van der Waals surface area contributed by atoms with E-state index in [0.29, 0.717) is 6.42 Å². The third-order valence-corrected chi connectivity index (χ3v) is 7.60. The largest absolute Gasteiger partial charge is 1.00 e. The molecule has 0 fully saturated rings. The summed E-state index contributed by atoms with van der Waals surface area (Å²) in [5, 5.41) is 0. The number of rotatable bonds is 30. The van der Waals surface area contributed by atoms with Crippen molar-refractivity contribution in [1.82, 2.24) is 0 Å². The van der Waals surface area contributed by atoms with Crippen molar-refractivity contribution in [3.63, 3.8) is 0 Å². The van der Waals surface area contributed by atoms with E-state index in [9.17, 15) is 19.0 Å². The summed E-state index contributed by atoms with van der Waals surface area (Å²) in [6.07, 6.45) is 25.2. The first-order valence-electron chi connectivity index (χ1n) is 16.3. The second-order valence-electron chi connectivity index (χ2n) is 11.1. The predicted molar refractivity (Wildman–Crippen MR) is 159 cm³/mol. The van der Waals surface area contributed by atoms with E-state index in [2.05, 4.69) is 18.4 Å². The minimum Gasteiger partial charge on any atom is -0.756 e. The van der Waals surface area contributed by atoms with Gasteiger partial charge in [-0.1, -0.05) is 142 Å². The molecule has 41 heavy (non-hydrogen) atoms. The first-order chi connectivity index (χ1) is 19.3. The molecule has 1 N–H and O–H groups in total. The number of carbonyl (C=O) groups excluding carboxylic acids is 2. The number of hydrogen-bond donors (Lipinski definition) is 1. The van der Waals surface area contributed by atoms with Crippen molar-refractivity contribution in [1.29, 1.82) is 0 Å². The fraction of sp³-hybridized carbons (Fsp3) is 0.935. The monoisotopic (exact) mass is 614 g/mol. The summed E-state index contributed by atoms with van der Waals surface area (Å²) >= 11 is 0. The summed E-state index contributed by atoms with van der Waals surface area (Å²) in [5.41, 5.74) is 0. The Balaban J connectivity index is 0. The van der Waals surface area contributed by atoms with Crippen molar-refractivity contribution in [3.8, 4) is 0 Å². The number of unbranched alkanes of at least 4 members (excludes halogenated alkanes) is 20. The Kier molecular flexibility index (Phi) is 33.1. The summed E-state index contributed by atoms with van der Waals surface area (Å²) in [6, 6.07) is 0. The molecule has 0 radical (unpaired) electrons. The predicted octanol–water partition coefficient (Wildman–Crippen LogP) is 5.32. The fourth-order valence-electron chi connectivity index (χ4n) is 4.66. The van der Waals surface area contributed by atoms with Crippen LogP contribution < -0.4 is 34.5 Å². The molecular formula is C31H60NaO8P. The van der Waals surface area contributed by atoms with Crippen LogP contribution >= 0.6 is 7.82 Å². The summed E-state index contributed by atoms with van der Waals surface area (Å²) in [4.78, 5) is 44.2. The van der Waals surface area contributed by atoms with Crippen LogP contribution in [0.1, 0.15) is 168 Å². The molecule has 0 saturated carbocycles. The van der Waals surface area contributed by atoms with E-state index >= 15 is 0 Å². The minimum atomic E-state index is -4.98. The molecule has 0 aliphatic carbocycles. The fourth-order valence-corrected chi connectivity index (χ4v) is 5.02. The zero-order chi connectivity index (χ0) is 29.7. The van der Waals surface area contributed by atoms with E-state index in [0.717, 1.165) is 38.5 Å². The van der Waals surface area contributed by atoms with E-state index in [-0.39, 0.29) is 49.0 Å². The molecule has 0 saturated heterocycles. The number of carbonyl (C=O) groups is 2. The van der Waals surface area contributed by atoms with Gasteiger partial charge in [-0.05, 0) is 12.8 Å². The Bertz CT molecular complexity index is 644. The maximum Gasteiger partial charge on any atom is 1.00 e. The van der Waals surface area contributed by atoms with E-state index in [1.807, 2.05) is 0 Å². The molecule has 2 atom stereocenters. The van der Waals surface area contributed by atoms with E-state index in [4.69, 9.17) is 14.4 Å². The second kappa shape index (κ2) is 31.5. The van der Waals surface area contributed by atoms with Gasteiger partial charge in [0.2, 0.25) is 0 Å². The summed E-state index contributed by atoms with van der Waals surface area (Å²) < 4.78 is 25.9. The van der Waals surface area contributed by atoms with Crippen molar-refractivity contribution in [2.45, 2.75) is 174 Å². The topological polar surface area (TPSA) is 122 Å². The van der Waals surface area contributed by atoms with Crippen LogP contribution in [0.4, 0.5) is 0 Å². The quantitative estimate of drug-likeness (QED) is 0.0499. The van der Waals surface area contributed by atoms with Crippen LogP contribution in [0.25, 0.3) is 0 Å². The Morgan fingerprint density at radius 2 is 0.951 bits per heavy atom. The smallest absolute Gasteiger partial charge is 0.756 e. The van der Waals surface area contributed by atoms with Crippen LogP contribution in [0.3, 0.4) is 0 Å². The first-order valence-corrected chi connectivity index (χ1v) is 17.8. The second-order valence-corrected chi connectivity index (χ2v) is 12.3. The molecule has 0 rings (SSSR count). The van der Waals surface area contributed by atoms with Crippen molar-refractivity contribution in [2.75, 3.05) is 13.2 Å². The molecule has 8 nitrogen and oxygen atoms in total. The number of hydrogen-bond acceptors (Lipinski definition) is 7. The number of esters is 2. The average Bonchev–Trinajstić information content (AvgIpc) is 2.91. The molecule has 0 heterocycles. The molecule has 10 heteroatoms. The maximum atomic E-state index is 12.2. The Labute approximate surface area is 273 Å². The normalized spacial score (nSPS) is 13.3. The molecule has 0 aromatic rings. The van der Waals surface area contributed by atoms with Gasteiger partial charge in [0.15, 0.2) is 6.10 Å². The van der Waals surface area contributed by atoms with Crippen LogP contribution in [-0.4, -0.2) is 36.1 Å². The zero-order valence-corrected chi connectivity index (χ0v) is 29.6. The molecular weight excluding hydrogens is 554 g/mol. The van der Waals surface area contributed by atoms with Gasteiger partial charge in [0.1, 0.15) is 6.61 Å². The summed E-state index contributed by atoms with van der Waals surface area (Å²) in [7, 11) is -4.98. The molecule has 1 unspecified atom stereocenters. The van der Waals surface area contributed by atoms with Crippen molar-refractivity contribution in [2.24, 2.45) is 0 Å². The number of phosphoric ester groups is 1. The Morgan fingerprint density at radius 1 is 0.610 bits per heavy atom. The van der Waals surface area contributed by atoms with Crippen LogP contribution in [0.2, 0.25) is 0 Å². The van der Waals surface area contributed by atoms with Gasteiger partial charge in [0.25, 0.3) is 7.82 Å². The van der Waals surface area contributed by atoms with Crippen molar-refractivity contribution >= 4 is 19.8 Å². The molecule has 0 bridgehead atoms. The van der Waals surface area contributed by atoms with Gasteiger partial charge in [-0.25, -0.2) is 0 Å². The van der Waals surface area contributed by atoms with Crippen molar-refractivity contribution < 1.29 is 67.5 Å². The Hall–Kier alpha value is 0.0500. The van der Waals surface area contributed by atoms with Gasteiger partial charge >= 0.3 is 41.5 Å². The van der Waals surface area contributed by atoms with Crippen LogP contribution in [-0.2, 0) is 28.2 Å². The average molecular weight is 615 g/mol. The first kappa shape index (κ1) is 43.2. The molecule has 0 aromatic heterocycles. The van der Waals surface area contributed by atoms with Crippen LogP contribution in [0, 0.1) is 0 Å². The third-order valence-electron chi connectivity index (χ3n) is 7.12. The summed E-state index contributed by atoms with van der Waals surface area (Å²) in [5.74, 6) is -0.916. The van der Waals surface area contributed by atoms with Gasteiger partial charge < -0.3 is 23.8 Å². The van der Waals surface area contributed by atoms with E-state index in [1.165, 1.54) is 96.3 Å². The van der Waals surface area contributed by atoms with Crippen molar-refractivity contribution in [3.05, 3.63) is 0 Å². The SMILES string of the molecule is CCCCCCCCCCCCCC(=O)OC[C@H](COP(=O)([O-])O)OC(=O)CCCCCCCCCCCCC.[Na+]. The zero-order valence-electron chi connectivity index (χ0n) is 26.7. The van der Waals surface area contributed by atoms with Gasteiger partial charge in [-0.2, -0.15) is 0 Å². The Morgan fingerprint density at radius 3 is 1.32 bits per heavy atom. The van der Waals surface area contributed by atoms with E-state index < -0.39 is 32.5 Å². The van der Waals surface area contributed by atoms with Gasteiger partial charge in [0.05, 0.1) is 6.61 Å². The summed E-state index contributed by atoms with van der Waals surface area (Å²) in [6.45, 7) is 3.55. The minimum absolute atomic E-state index is 0. The van der Waals surface area contributed by atoms with Gasteiger partial charge in [-0.15, -0.1) is 0 Å². The molecule has 0 amide bonds.